The quantitative estimate of drug-likeness (QED) is 0.835. The van der Waals surface area contributed by atoms with Gasteiger partial charge in [0, 0.05) is 11.8 Å². The van der Waals surface area contributed by atoms with E-state index >= 15 is 0 Å². The number of nitrogen functional groups attached to an aromatic ring is 1. The molecule has 0 fully saturated rings. The Morgan fingerprint density at radius 3 is 2.85 bits per heavy atom. The van der Waals surface area contributed by atoms with Gasteiger partial charge in [-0.1, -0.05) is 12.1 Å². The molecule has 5 heteroatoms. The van der Waals surface area contributed by atoms with E-state index in [-0.39, 0.29) is 13.4 Å². The molecule has 0 radical (unpaired) electrons. The normalized spacial score (nSPS) is 14.1. The number of anilines is 1. The molecule has 0 bridgehead atoms. The van der Waals surface area contributed by atoms with Crippen LogP contribution in [0.5, 0.6) is 17.2 Å². The standard InChI is InChI=1S/C15H15NO4/c16-11-3-1-2-10(6-11)13(17)8-18-12-4-5-14-15(7-12)20-9-19-14/h1-7,13,17H,8-9,16H2. The number of aliphatic hydroxyl groups is 1. The Hall–Kier alpha value is -2.40. The lowest BCUT2D eigenvalue weighted by molar-refractivity contribution is 0.108. The summed E-state index contributed by atoms with van der Waals surface area (Å²) in [4.78, 5) is 0. The molecule has 1 heterocycles. The highest BCUT2D eigenvalue weighted by Gasteiger charge is 2.15. The maximum atomic E-state index is 10.1. The van der Waals surface area contributed by atoms with Crippen LogP contribution in [0, 0.1) is 0 Å². The molecule has 104 valence electrons. The van der Waals surface area contributed by atoms with Crippen molar-refractivity contribution in [3.8, 4) is 17.2 Å². The van der Waals surface area contributed by atoms with Crippen LogP contribution in [0.15, 0.2) is 42.5 Å². The highest BCUT2D eigenvalue weighted by atomic mass is 16.7. The number of benzene rings is 2. The zero-order valence-corrected chi connectivity index (χ0v) is 10.8. The van der Waals surface area contributed by atoms with Gasteiger partial charge in [-0.25, -0.2) is 0 Å². The van der Waals surface area contributed by atoms with Gasteiger partial charge in [-0.05, 0) is 29.8 Å². The van der Waals surface area contributed by atoms with Crippen molar-refractivity contribution in [1.29, 1.82) is 0 Å². The molecule has 2 aromatic carbocycles. The average Bonchev–Trinajstić information content (AvgIpc) is 2.92. The van der Waals surface area contributed by atoms with Gasteiger partial charge in [0.25, 0.3) is 0 Å². The first kappa shape index (κ1) is 12.6. The van der Waals surface area contributed by atoms with Crippen LogP contribution in [-0.2, 0) is 0 Å². The number of fused-ring (bicyclic) bond motifs is 1. The van der Waals surface area contributed by atoms with Crippen molar-refractivity contribution in [2.45, 2.75) is 6.10 Å². The molecule has 20 heavy (non-hydrogen) atoms. The first-order chi connectivity index (χ1) is 9.72. The molecule has 3 rings (SSSR count). The fourth-order valence-corrected chi connectivity index (χ4v) is 2.00. The minimum absolute atomic E-state index is 0.142. The van der Waals surface area contributed by atoms with E-state index in [1.165, 1.54) is 0 Å². The number of rotatable bonds is 4. The van der Waals surface area contributed by atoms with Crippen LogP contribution < -0.4 is 19.9 Å². The number of aliphatic hydroxyl groups excluding tert-OH is 1. The second-order valence-corrected chi connectivity index (χ2v) is 4.51. The molecule has 0 saturated carbocycles. The smallest absolute Gasteiger partial charge is 0.231 e. The van der Waals surface area contributed by atoms with E-state index in [2.05, 4.69) is 0 Å². The van der Waals surface area contributed by atoms with Crippen molar-refractivity contribution in [3.05, 3.63) is 48.0 Å². The molecule has 1 aliphatic heterocycles. The van der Waals surface area contributed by atoms with Crippen molar-refractivity contribution in [2.75, 3.05) is 19.1 Å². The molecule has 0 amide bonds. The lowest BCUT2D eigenvalue weighted by atomic mass is 10.1. The largest absolute Gasteiger partial charge is 0.490 e. The molecule has 0 aromatic heterocycles. The second kappa shape index (κ2) is 5.30. The Balaban J connectivity index is 1.64. The molecule has 0 saturated heterocycles. The summed E-state index contributed by atoms with van der Waals surface area (Å²) >= 11 is 0. The molecular weight excluding hydrogens is 258 g/mol. The number of hydrogen-bond donors (Lipinski definition) is 2. The summed E-state index contributed by atoms with van der Waals surface area (Å²) in [5.41, 5.74) is 7.03. The first-order valence-corrected chi connectivity index (χ1v) is 6.28. The van der Waals surface area contributed by atoms with E-state index in [9.17, 15) is 5.11 Å². The van der Waals surface area contributed by atoms with Gasteiger partial charge in [0.2, 0.25) is 6.79 Å². The summed E-state index contributed by atoms with van der Waals surface area (Å²) in [5, 5.41) is 10.1. The third-order valence-electron chi connectivity index (χ3n) is 3.05. The Morgan fingerprint density at radius 2 is 2.00 bits per heavy atom. The average molecular weight is 273 g/mol. The molecular formula is C15H15NO4. The molecule has 1 atom stereocenters. The van der Waals surface area contributed by atoms with E-state index in [0.717, 1.165) is 5.56 Å². The van der Waals surface area contributed by atoms with Crippen molar-refractivity contribution in [3.63, 3.8) is 0 Å². The summed E-state index contributed by atoms with van der Waals surface area (Å²) in [6.07, 6.45) is -0.732. The van der Waals surface area contributed by atoms with Crippen molar-refractivity contribution < 1.29 is 19.3 Å². The molecule has 5 nitrogen and oxygen atoms in total. The Labute approximate surface area is 116 Å². The summed E-state index contributed by atoms with van der Waals surface area (Å²) in [5.74, 6) is 1.98. The van der Waals surface area contributed by atoms with Crippen molar-refractivity contribution in [2.24, 2.45) is 0 Å². The highest BCUT2D eigenvalue weighted by molar-refractivity contribution is 5.47. The monoisotopic (exact) mass is 273 g/mol. The molecule has 0 spiro atoms. The second-order valence-electron chi connectivity index (χ2n) is 4.51. The third kappa shape index (κ3) is 2.62. The maximum absolute atomic E-state index is 10.1. The maximum Gasteiger partial charge on any atom is 0.231 e. The third-order valence-corrected chi connectivity index (χ3v) is 3.05. The Bertz CT molecular complexity index is 615. The predicted octanol–water partition coefficient (Wildman–Crippen LogP) is 2.11. The van der Waals surface area contributed by atoms with E-state index in [1.807, 2.05) is 6.07 Å². The first-order valence-electron chi connectivity index (χ1n) is 6.28. The summed E-state index contributed by atoms with van der Waals surface area (Å²) in [6, 6.07) is 12.4. The summed E-state index contributed by atoms with van der Waals surface area (Å²) < 4.78 is 16.0. The van der Waals surface area contributed by atoms with Crippen LogP contribution in [0.2, 0.25) is 0 Å². The van der Waals surface area contributed by atoms with Crippen molar-refractivity contribution >= 4 is 5.69 Å². The Morgan fingerprint density at radius 1 is 1.15 bits per heavy atom. The van der Waals surface area contributed by atoms with Gasteiger partial charge >= 0.3 is 0 Å². The molecule has 1 unspecified atom stereocenters. The zero-order chi connectivity index (χ0) is 13.9. The lowest BCUT2D eigenvalue weighted by Gasteiger charge is -2.13. The van der Waals surface area contributed by atoms with Crippen LogP contribution in [0.1, 0.15) is 11.7 Å². The number of hydrogen-bond acceptors (Lipinski definition) is 5. The lowest BCUT2D eigenvalue weighted by Crippen LogP contribution is -2.09. The molecule has 1 aliphatic rings. The summed E-state index contributed by atoms with van der Waals surface area (Å²) in [6.45, 7) is 0.369. The summed E-state index contributed by atoms with van der Waals surface area (Å²) in [7, 11) is 0. The molecule has 3 N–H and O–H groups in total. The zero-order valence-electron chi connectivity index (χ0n) is 10.8. The van der Waals surface area contributed by atoms with Gasteiger partial charge in [-0.15, -0.1) is 0 Å². The van der Waals surface area contributed by atoms with Gasteiger partial charge in [-0.2, -0.15) is 0 Å². The van der Waals surface area contributed by atoms with Crippen LogP contribution in [0.4, 0.5) is 5.69 Å². The topological polar surface area (TPSA) is 73.9 Å². The van der Waals surface area contributed by atoms with E-state index < -0.39 is 6.10 Å². The molecule has 0 aliphatic carbocycles. The van der Waals surface area contributed by atoms with E-state index in [0.29, 0.717) is 22.9 Å². The Kier molecular flexibility index (Phi) is 3.35. The van der Waals surface area contributed by atoms with Gasteiger partial charge in [0.15, 0.2) is 11.5 Å². The number of nitrogens with two attached hydrogens (primary N) is 1. The van der Waals surface area contributed by atoms with Crippen LogP contribution in [0.3, 0.4) is 0 Å². The highest BCUT2D eigenvalue weighted by Crippen LogP contribution is 2.35. The van der Waals surface area contributed by atoms with E-state index in [1.54, 1.807) is 36.4 Å². The van der Waals surface area contributed by atoms with Crippen molar-refractivity contribution in [1.82, 2.24) is 0 Å². The van der Waals surface area contributed by atoms with Gasteiger partial charge in [0.1, 0.15) is 18.5 Å². The van der Waals surface area contributed by atoms with Crippen LogP contribution >= 0.6 is 0 Å². The SMILES string of the molecule is Nc1cccc(C(O)COc2ccc3c(c2)OCO3)c1. The molecule has 2 aromatic rings. The van der Waals surface area contributed by atoms with Crippen LogP contribution in [0.25, 0.3) is 0 Å². The minimum Gasteiger partial charge on any atom is -0.490 e. The number of ether oxygens (including phenoxy) is 3. The minimum atomic E-state index is -0.732. The van der Waals surface area contributed by atoms with Gasteiger partial charge < -0.3 is 25.1 Å². The predicted molar refractivity (Wildman–Crippen MR) is 73.9 cm³/mol. The fraction of sp³-hybridized carbons (Fsp3) is 0.200. The van der Waals surface area contributed by atoms with Gasteiger partial charge in [-0.3, -0.25) is 0 Å². The van der Waals surface area contributed by atoms with E-state index in [4.69, 9.17) is 19.9 Å². The fourth-order valence-electron chi connectivity index (χ4n) is 2.00. The van der Waals surface area contributed by atoms with Crippen LogP contribution in [-0.4, -0.2) is 18.5 Å². The van der Waals surface area contributed by atoms with Gasteiger partial charge in [0.05, 0.1) is 0 Å².